The third-order valence-corrected chi connectivity index (χ3v) is 0.986. The van der Waals surface area contributed by atoms with Crippen LogP contribution in [0.15, 0.2) is 4.99 Å². The van der Waals surface area contributed by atoms with Crippen molar-refractivity contribution in [1.29, 1.82) is 0 Å². The topological polar surface area (TPSA) is 12.4 Å². The fourth-order valence-electron chi connectivity index (χ4n) is 0.543. The number of aliphatic imine (C=N–C) groups is 1. The summed E-state index contributed by atoms with van der Waals surface area (Å²) in [6.45, 7) is 3.14. The van der Waals surface area contributed by atoms with Crippen molar-refractivity contribution in [3.8, 4) is 0 Å². The van der Waals surface area contributed by atoms with Crippen molar-refractivity contribution in [2.75, 3.05) is 6.54 Å². The highest BCUT2D eigenvalue weighted by Crippen LogP contribution is 2.03. The molecule has 33 valence electrons. The summed E-state index contributed by atoms with van der Waals surface area (Å²) in [5, 5.41) is 0. The van der Waals surface area contributed by atoms with E-state index in [2.05, 4.69) is 18.1 Å². The first-order chi connectivity index (χ1) is 2.89. The average Bonchev–Trinajstić information content (AvgIpc) is 1.86. The molecule has 0 aliphatic carbocycles. The van der Waals surface area contributed by atoms with Crippen LogP contribution >= 0.6 is 0 Å². The number of nitrogens with zero attached hydrogens (tertiary/aromatic N) is 1. The van der Waals surface area contributed by atoms with Gasteiger partial charge >= 0.3 is 0 Å². The molecule has 1 radical (unpaired) electrons. The van der Waals surface area contributed by atoms with Gasteiger partial charge in [-0.3, -0.25) is 4.99 Å². The second-order valence-corrected chi connectivity index (χ2v) is 1.70. The standard InChI is InChI=1S/C5H8N/c1-5-2-3-6-4-5/h5H,2-3H2,1H3. The summed E-state index contributed by atoms with van der Waals surface area (Å²) < 4.78 is 0. The van der Waals surface area contributed by atoms with E-state index in [4.69, 9.17) is 0 Å². The van der Waals surface area contributed by atoms with Gasteiger partial charge in [-0.15, -0.1) is 0 Å². The Balaban J connectivity index is 2.38. The van der Waals surface area contributed by atoms with E-state index in [9.17, 15) is 0 Å². The Kier molecular flexibility index (Phi) is 0.906. The molecule has 1 rings (SSSR count). The quantitative estimate of drug-likeness (QED) is 0.413. The lowest BCUT2D eigenvalue weighted by Crippen LogP contribution is -1.85. The Labute approximate surface area is 38.1 Å². The van der Waals surface area contributed by atoms with E-state index in [1.54, 1.807) is 0 Å². The summed E-state index contributed by atoms with van der Waals surface area (Å²) >= 11 is 0. The Bertz CT molecular complexity index is 66.3. The maximum Gasteiger partial charge on any atom is 0.0589 e. The van der Waals surface area contributed by atoms with Crippen LogP contribution in [0.4, 0.5) is 0 Å². The largest absolute Gasteiger partial charge is 0.288 e. The molecule has 0 spiro atoms. The van der Waals surface area contributed by atoms with E-state index in [0.29, 0.717) is 5.92 Å². The summed E-state index contributed by atoms with van der Waals surface area (Å²) in [4.78, 5) is 3.91. The first kappa shape index (κ1) is 3.85. The Morgan fingerprint density at radius 1 is 1.83 bits per heavy atom. The summed E-state index contributed by atoms with van der Waals surface area (Å²) in [5.74, 6) is 0.630. The summed E-state index contributed by atoms with van der Waals surface area (Å²) in [5.41, 5.74) is 0. The fraction of sp³-hybridized carbons (Fsp3) is 0.800. The van der Waals surface area contributed by atoms with Crippen LogP contribution in [0.5, 0.6) is 0 Å². The molecule has 1 nitrogen and oxygen atoms in total. The molecule has 1 aliphatic rings. The molecule has 0 aromatic heterocycles. The average molecular weight is 82.1 g/mol. The predicted molar refractivity (Wildman–Crippen MR) is 26.1 cm³/mol. The lowest BCUT2D eigenvalue weighted by Gasteiger charge is -1.85. The minimum absolute atomic E-state index is 0.630. The first-order valence-electron chi connectivity index (χ1n) is 2.31. The number of hydrogen-bond donors (Lipinski definition) is 0. The van der Waals surface area contributed by atoms with E-state index < -0.39 is 0 Å². The maximum absolute atomic E-state index is 3.91. The van der Waals surface area contributed by atoms with Gasteiger partial charge in [0.25, 0.3) is 0 Å². The highest BCUT2D eigenvalue weighted by molar-refractivity contribution is 5.61. The van der Waals surface area contributed by atoms with Gasteiger partial charge in [0.1, 0.15) is 0 Å². The highest BCUT2D eigenvalue weighted by Gasteiger charge is 2.01. The van der Waals surface area contributed by atoms with E-state index in [1.807, 2.05) is 0 Å². The van der Waals surface area contributed by atoms with Crippen LogP contribution in [0.25, 0.3) is 0 Å². The van der Waals surface area contributed by atoms with Crippen LogP contribution < -0.4 is 0 Å². The molecule has 0 aromatic rings. The van der Waals surface area contributed by atoms with Gasteiger partial charge in [-0.05, 0) is 6.42 Å². The lowest BCUT2D eigenvalue weighted by atomic mass is 10.2. The second kappa shape index (κ2) is 1.41. The van der Waals surface area contributed by atoms with Crippen molar-refractivity contribution in [2.24, 2.45) is 10.9 Å². The zero-order valence-electron chi connectivity index (χ0n) is 3.94. The molecule has 0 amide bonds. The highest BCUT2D eigenvalue weighted by atomic mass is 14.7. The summed E-state index contributed by atoms with van der Waals surface area (Å²) in [7, 11) is 0. The Morgan fingerprint density at radius 3 is 2.83 bits per heavy atom. The van der Waals surface area contributed by atoms with E-state index in [1.165, 1.54) is 6.42 Å². The monoisotopic (exact) mass is 82.1 g/mol. The third-order valence-electron chi connectivity index (χ3n) is 0.986. The van der Waals surface area contributed by atoms with Gasteiger partial charge in [0.05, 0.1) is 6.21 Å². The normalized spacial score (nSPS) is 31.8. The van der Waals surface area contributed by atoms with E-state index in [-0.39, 0.29) is 0 Å². The van der Waals surface area contributed by atoms with Crippen molar-refractivity contribution >= 4 is 6.21 Å². The van der Waals surface area contributed by atoms with Gasteiger partial charge in [0.2, 0.25) is 0 Å². The SMILES string of the molecule is CC1[C]=NCC1. The molecule has 1 unspecified atom stereocenters. The van der Waals surface area contributed by atoms with Crippen molar-refractivity contribution in [3.63, 3.8) is 0 Å². The Hall–Kier alpha value is -0.330. The molecule has 0 bridgehead atoms. The molecular formula is C5H8N. The van der Waals surface area contributed by atoms with E-state index >= 15 is 0 Å². The van der Waals surface area contributed by atoms with Gasteiger partial charge in [-0.1, -0.05) is 6.92 Å². The van der Waals surface area contributed by atoms with Crippen molar-refractivity contribution in [2.45, 2.75) is 13.3 Å². The zero-order valence-corrected chi connectivity index (χ0v) is 3.94. The van der Waals surface area contributed by atoms with Gasteiger partial charge in [-0.25, -0.2) is 0 Å². The Morgan fingerprint density at radius 2 is 2.67 bits per heavy atom. The van der Waals surface area contributed by atoms with Crippen molar-refractivity contribution in [3.05, 3.63) is 0 Å². The van der Waals surface area contributed by atoms with Crippen molar-refractivity contribution in [1.82, 2.24) is 0 Å². The van der Waals surface area contributed by atoms with Gasteiger partial charge < -0.3 is 0 Å². The molecule has 0 aromatic carbocycles. The number of hydrogen-bond acceptors (Lipinski definition) is 1. The smallest absolute Gasteiger partial charge is 0.0589 e. The second-order valence-electron chi connectivity index (χ2n) is 1.70. The van der Waals surface area contributed by atoms with Gasteiger partial charge in [-0.2, -0.15) is 0 Å². The summed E-state index contributed by atoms with van der Waals surface area (Å²) in [6, 6.07) is 0. The zero-order chi connectivity index (χ0) is 4.41. The van der Waals surface area contributed by atoms with Crippen molar-refractivity contribution < 1.29 is 0 Å². The predicted octanol–water partition coefficient (Wildman–Crippen LogP) is 0.974. The van der Waals surface area contributed by atoms with Crippen LogP contribution in [0, 0.1) is 5.92 Å². The van der Waals surface area contributed by atoms with Crippen LogP contribution in [0.3, 0.4) is 0 Å². The van der Waals surface area contributed by atoms with E-state index in [0.717, 1.165) is 6.54 Å². The molecule has 1 heteroatoms. The van der Waals surface area contributed by atoms with Crippen LogP contribution in [0.1, 0.15) is 13.3 Å². The molecule has 1 heterocycles. The molecular weight excluding hydrogens is 74.1 g/mol. The van der Waals surface area contributed by atoms with Crippen LogP contribution in [-0.4, -0.2) is 12.8 Å². The molecule has 1 atom stereocenters. The lowest BCUT2D eigenvalue weighted by molar-refractivity contribution is 0.758. The molecule has 0 saturated heterocycles. The van der Waals surface area contributed by atoms with Gasteiger partial charge in [0.15, 0.2) is 0 Å². The molecule has 0 N–H and O–H groups in total. The third kappa shape index (κ3) is 0.588. The van der Waals surface area contributed by atoms with Crippen LogP contribution in [0.2, 0.25) is 0 Å². The molecule has 6 heavy (non-hydrogen) atoms. The molecule has 1 aliphatic heterocycles. The minimum Gasteiger partial charge on any atom is -0.288 e. The summed E-state index contributed by atoms with van der Waals surface area (Å²) in [6.07, 6.45) is 4.15. The van der Waals surface area contributed by atoms with Gasteiger partial charge in [0, 0.05) is 12.5 Å². The maximum atomic E-state index is 3.91. The molecule has 0 fully saturated rings. The first-order valence-corrected chi connectivity index (χ1v) is 2.31. The molecule has 0 saturated carbocycles. The number of rotatable bonds is 0. The minimum atomic E-state index is 0.630. The fourth-order valence-corrected chi connectivity index (χ4v) is 0.543. The van der Waals surface area contributed by atoms with Crippen LogP contribution in [-0.2, 0) is 0 Å².